The van der Waals surface area contributed by atoms with E-state index in [0.717, 1.165) is 36.3 Å². The van der Waals surface area contributed by atoms with Crippen LogP contribution in [0.3, 0.4) is 0 Å². The van der Waals surface area contributed by atoms with Crippen molar-refractivity contribution in [3.05, 3.63) is 23.8 Å². The molecule has 2 unspecified atom stereocenters. The van der Waals surface area contributed by atoms with Crippen LogP contribution in [0.15, 0.2) is 18.2 Å². The van der Waals surface area contributed by atoms with Gasteiger partial charge in [-0.15, -0.1) is 12.4 Å². The van der Waals surface area contributed by atoms with Crippen LogP contribution in [0.4, 0.5) is 0 Å². The number of amides is 1. The topological polar surface area (TPSA) is 73.6 Å². The highest BCUT2D eigenvalue weighted by Crippen LogP contribution is 2.27. The number of ether oxygens (including phenoxy) is 2. The van der Waals surface area contributed by atoms with Gasteiger partial charge in [0, 0.05) is 6.54 Å². The van der Waals surface area contributed by atoms with Gasteiger partial charge in [0.2, 0.25) is 5.91 Å². The first kappa shape index (κ1) is 21.5. The first-order chi connectivity index (χ1) is 10.5. The Kier molecular flexibility index (Phi) is 10.4. The first-order valence-corrected chi connectivity index (χ1v) is 7.77. The third kappa shape index (κ3) is 6.67. The molecule has 0 saturated carbocycles. The summed E-state index contributed by atoms with van der Waals surface area (Å²) in [5.74, 6) is 1.58. The van der Waals surface area contributed by atoms with Crippen LogP contribution in [0.1, 0.15) is 32.3 Å². The molecule has 0 bridgehead atoms. The van der Waals surface area contributed by atoms with Crippen LogP contribution in [-0.4, -0.2) is 32.7 Å². The highest BCUT2D eigenvalue weighted by molar-refractivity contribution is 5.85. The largest absolute Gasteiger partial charge is 0.493 e. The number of benzene rings is 1. The summed E-state index contributed by atoms with van der Waals surface area (Å²) in [4.78, 5) is 11.9. The lowest BCUT2D eigenvalue weighted by atomic mass is 9.99. The number of hydrogen-bond donors (Lipinski definition) is 2. The van der Waals surface area contributed by atoms with Crippen LogP contribution >= 0.6 is 12.4 Å². The van der Waals surface area contributed by atoms with Crippen LogP contribution in [0.2, 0.25) is 0 Å². The zero-order valence-electron chi connectivity index (χ0n) is 14.4. The van der Waals surface area contributed by atoms with Crippen molar-refractivity contribution in [2.75, 3.05) is 20.8 Å². The Morgan fingerprint density at radius 2 is 1.91 bits per heavy atom. The van der Waals surface area contributed by atoms with Crippen LogP contribution in [-0.2, 0) is 11.2 Å². The second kappa shape index (κ2) is 11.1. The summed E-state index contributed by atoms with van der Waals surface area (Å²) in [6, 6.07) is 5.44. The van der Waals surface area contributed by atoms with E-state index in [2.05, 4.69) is 5.32 Å². The molecule has 1 aromatic carbocycles. The molecule has 5 nitrogen and oxygen atoms in total. The number of nitrogens with one attached hydrogen (secondary N) is 1. The van der Waals surface area contributed by atoms with Crippen LogP contribution in [0.25, 0.3) is 0 Å². The Bertz CT molecular complexity index is 483. The van der Waals surface area contributed by atoms with Gasteiger partial charge in [0.05, 0.1) is 20.3 Å². The van der Waals surface area contributed by atoms with E-state index in [9.17, 15) is 4.79 Å². The van der Waals surface area contributed by atoms with Gasteiger partial charge in [0.1, 0.15) is 0 Å². The molecule has 0 aliphatic heterocycles. The normalized spacial score (nSPS) is 12.7. The maximum Gasteiger partial charge on any atom is 0.237 e. The maximum absolute atomic E-state index is 11.9. The minimum absolute atomic E-state index is 0. The molecule has 0 heterocycles. The minimum Gasteiger partial charge on any atom is -0.493 e. The Morgan fingerprint density at radius 3 is 2.48 bits per heavy atom. The van der Waals surface area contributed by atoms with Gasteiger partial charge in [-0.1, -0.05) is 26.3 Å². The minimum atomic E-state index is -0.425. The van der Waals surface area contributed by atoms with Crippen molar-refractivity contribution >= 4 is 18.3 Å². The average molecular weight is 345 g/mol. The molecule has 0 fully saturated rings. The molecular weight excluding hydrogens is 316 g/mol. The molecule has 0 aromatic heterocycles. The van der Waals surface area contributed by atoms with Crippen LogP contribution in [0, 0.1) is 5.92 Å². The molecule has 23 heavy (non-hydrogen) atoms. The number of hydrogen-bond acceptors (Lipinski definition) is 4. The van der Waals surface area contributed by atoms with E-state index >= 15 is 0 Å². The molecule has 132 valence electrons. The van der Waals surface area contributed by atoms with E-state index in [1.807, 2.05) is 32.0 Å². The summed E-state index contributed by atoms with van der Waals surface area (Å²) in [5, 5.41) is 2.90. The Labute approximate surface area is 145 Å². The summed E-state index contributed by atoms with van der Waals surface area (Å²) in [7, 11) is 3.24. The van der Waals surface area contributed by atoms with Gasteiger partial charge in [-0.05, 0) is 36.5 Å². The number of aryl methyl sites for hydroxylation is 1. The Balaban J connectivity index is 0.00000484. The Morgan fingerprint density at radius 1 is 1.26 bits per heavy atom. The number of nitrogens with two attached hydrogens (primary N) is 1. The highest BCUT2D eigenvalue weighted by Gasteiger charge is 2.18. The van der Waals surface area contributed by atoms with Gasteiger partial charge in [0.15, 0.2) is 11.5 Å². The monoisotopic (exact) mass is 344 g/mol. The molecular formula is C17H29ClN2O3. The second-order valence-corrected chi connectivity index (χ2v) is 5.50. The van der Waals surface area contributed by atoms with Crippen molar-refractivity contribution in [3.63, 3.8) is 0 Å². The fourth-order valence-corrected chi connectivity index (χ4v) is 2.17. The number of methoxy groups -OCH3 is 2. The Hall–Kier alpha value is -1.46. The number of halogens is 1. The molecule has 0 saturated heterocycles. The number of rotatable bonds is 9. The summed E-state index contributed by atoms with van der Waals surface area (Å²) in [5.41, 5.74) is 7.04. The lowest BCUT2D eigenvalue weighted by Gasteiger charge is -2.17. The molecule has 0 aliphatic rings. The summed E-state index contributed by atoms with van der Waals surface area (Å²) in [6.45, 7) is 4.65. The van der Waals surface area contributed by atoms with Gasteiger partial charge in [-0.2, -0.15) is 0 Å². The molecule has 0 radical (unpaired) electrons. The van der Waals surface area contributed by atoms with Gasteiger partial charge in [-0.25, -0.2) is 0 Å². The zero-order chi connectivity index (χ0) is 16.5. The van der Waals surface area contributed by atoms with E-state index in [0.29, 0.717) is 6.54 Å². The van der Waals surface area contributed by atoms with Crippen molar-refractivity contribution in [2.24, 2.45) is 11.7 Å². The SMILES string of the molecule is CCC(C)C(N)C(=O)NCCCc1ccc(OC)c(OC)c1.Cl. The molecule has 2 atom stereocenters. The molecule has 0 aliphatic carbocycles. The lowest BCUT2D eigenvalue weighted by Crippen LogP contribution is -2.44. The molecule has 3 N–H and O–H groups in total. The molecule has 0 spiro atoms. The quantitative estimate of drug-likeness (QED) is 0.675. The van der Waals surface area contributed by atoms with Crippen LogP contribution in [0.5, 0.6) is 11.5 Å². The van der Waals surface area contributed by atoms with Gasteiger partial charge in [-0.3, -0.25) is 4.79 Å². The molecule has 1 amide bonds. The summed E-state index contributed by atoms with van der Waals surface area (Å²) >= 11 is 0. The second-order valence-electron chi connectivity index (χ2n) is 5.50. The fourth-order valence-electron chi connectivity index (χ4n) is 2.17. The lowest BCUT2D eigenvalue weighted by molar-refractivity contribution is -0.123. The first-order valence-electron chi connectivity index (χ1n) is 7.77. The standard InChI is InChI=1S/C17H28N2O3.ClH/c1-5-12(2)16(18)17(20)19-10-6-7-13-8-9-14(21-3)15(11-13)22-4;/h8-9,11-12,16H,5-7,10,18H2,1-4H3,(H,19,20);1H. The predicted octanol–water partition coefficient (Wildman–Crippen LogP) is 2.55. The van der Waals surface area contributed by atoms with Crippen LogP contribution < -0.4 is 20.5 Å². The van der Waals surface area contributed by atoms with Gasteiger partial charge in [0.25, 0.3) is 0 Å². The van der Waals surface area contributed by atoms with E-state index in [-0.39, 0.29) is 24.2 Å². The third-order valence-electron chi connectivity index (χ3n) is 3.95. The van der Waals surface area contributed by atoms with Crippen molar-refractivity contribution in [2.45, 2.75) is 39.2 Å². The smallest absolute Gasteiger partial charge is 0.237 e. The predicted molar refractivity (Wildman–Crippen MR) is 95.6 cm³/mol. The fraction of sp³-hybridized carbons (Fsp3) is 0.588. The maximum atomic E-state index is 11.9. The van der Waals surface area contributed by atoms with Crippen molar-refractivity contribution < 1.29 is 14.3 Å². The molecule has 6 heteroatoms. The highest BCUT2D eigenvalue weighted by atomic mass is 35.5. The summed E-state index contributed by atoms with van der Waals surface area (Å²) < 4.78 is 10.5. The van der Waals surface area contributed by atoms with E-state index in [1.165, 1.54) is 0 Å². The zero-order valence-corrected chi connectivity index (χ0v) is 15.2. The average Bonchev–Trinajstić information content (AvgIpc) is 2.56. The number of carbonyl (C=O) groups excluding carboxylic acids is 1. The number of carbonyl (C=O) groups is 1. The van der Waals surface area contributed by atoms with Gasteiger partial charge < -0.3 is 20.5 Å². The van der Waals surface area contributed by atoms with E-state index in [1.54, 1.807) is 14.2 Å². The summed E-state index contributed by atoms with van der Waals surface area (Å²) in [6.07, 6.45) is 2.62. The third-order valence-corrected chi connectivity index (χ3v) is 3.95. The van der Waals surface area contributed by atoms with Crippen molar-refractivity contribution in [3.8, 4) is 11.5 Å². The van der Waals surface area contributed by atoms with Crippen molar-refractivity contribution in [1.82, 2.24) is 5.32 Å². The molecule has 1 aromatic rings. The van der Waals surface area contributed by atoms with Gasteiger partial charge >= 0.3 is 0 Å². The van der Waals surface area contributed by atoms with E-state index in [4.69, 9.17) is 15.2 Å². The van der Waals surface area contributed by atoms with Crippen molar-refractivity contribution in [1.29, 1.82) is 0 Å². The van der Waals surface area contributed by atoms with E-state index < -0.39 is 6.04 Å². The molecule has 1 rings (SSSR count).